The number of hydrogen-bond acceptors (Lipinski definition) is 6. The van der Waals surface area contributed by atoms with Crippen LogP contribution in [-0.2, 0) is 16.1 Å². The Bertz CT molecular complexity index is 1020. The van der Waals surface area contributed by atoms with Crippen LogP contribution in [0.3, 0.4) is 0 Å². The van der Waals surface area contributed by atoms with E-state index in [4.69, 9.17) is 17.3 Å². The predicted octanol–water partition coefficient (Wildman–Crippen LogP) is 3.61. The Balaban J connectivity index is 1.63. The standard InChI is InChI=1S/C19H19N3O4S2/c23-16(20-8-7-17(24)25)6-3-9-22-18(26)15(28-19(22)27)10-12-11-21-14-5-2-1-4-13(12)14/h1-2,4-5,10-11,26H,3,6-9H2,(H,20,23)(H,24,25)/b12-10-. The molecule has 1 aromatic heterocycles. The summed E-state index contributed by atoms with van der Waals surface area (Å²) >= 11 is 6.65. The van der Waals surface area contributed by atoms with E-state index in [-0.39, 0.29) is 31.2 Å². The predicted molar refractivity (Wildman–Crippen MR) is 112 cm³/mol. The number of carbonyl (C=O) groups excluding carboxylic acids is 1. The number of para-hydroxylation sites is 1. The second-order valence-electron chi connectivity index (χ2n) is 6.18. The van der Waals surface area contributed by atoms with E-state index in [1.807, 2.05) is 30.3 Å². The van der Waals surface area contributed by atoms with Gasteiger partial charge in [-0.25, -0.2) is 0 Å². The highest BCUT2D eigenvalue weighted by atomic mass is 32.1. The second-order valence-corrected chi connectivity index (χ2v) is 7.86. The normalized spacial score (nSPS) is 13.6. The van der Waals surface area contributed by atoms with E-state index in [1.54, 1.807) is 10.8 Å². The zero-order valence-corrected chi connectivity index (χ0v) is 16.6. The maximum atomic E-state index is 11.7. The largest absolute Gasteiger partial charge is 0.493 e. The molecule has 2 heterocycles. The number of thiazole rings is 1. The third-order valence-corrected chi connectivity index (χ3v) is 5.57. The van der Waals surface area contributed by atoms with E-state index in [0.29, 0.717) is 21.8 Å². The van der Waals surface area contributed by atoms with Crippen LogP contribution in [0.4, 0.5) is 5.69 Å². The molecule has 1 amide bonds. The van der Waals surface area contributed by atoms with Crippen molar-refractivity contribution in [1.29, 1.82) is 0 Å². The monoisotopic (exact) mass is 417 g/mol. The first-order valence-electron chi connectivity index (χ1n) is 8.72. The molecular formula is C19H19N3O4S2. The fourth-order valence-electron chi connectivity index (χ4n) is 2.80. The number of aliphatic carboxylic acids is 1. The van der Waals surface area contributed by atoms with Gasteiger partial charge in [0.2, 0.25) is 11.8 Å². The summed E-state index contributed by atoms with van der Waals surface area (Å²) in [4.78, 5) is 27.2. The van der Waals surface area contributed by atoms with Gasteiger partial charge in [0.25, 0.3) is 0 Å². The minimum atomic E-state index is -0.952. The topological polar surface area (TPSA) is 104 Å². The zero-order chi connectivity index (χ0) is 20.1. The van der Waals surface area contributed by atoms with Crippen LogP contribution in [-0.4, -0.2) is 39.4 Å². The third-order valence-electron chi connectivity index (χ3n) is 4.18. The van der Waals surface area contributed by atoms with Gasteiger partial charge in [-0.3, -0.25) is 19.1 Å². The molecule has 146 valence electrons. The number of rotatable bonds is 8. The fraction of sp³-hybridized carbons (Fsp3) is 0.263. The first kappa shape index (κ1) is 20.0. The van der Waals surface area contributed by atoms with Crippen molar-refractivity contribution >= 4 is 59.0 Å². The van der Waals surface area contributed by atoms with Crippen molar-refractivity contribution in [3.05, 3.63) is 38.7 Å². The Morgan fingerprint density at radius 1 is 1.29 bits per heavy atom. The van der Waals surface area contributed by atoms with Crippen molar-refractivity contribution in [2.75, 3.05) is 6.54 Å². The number of hydrogen-bond donors (Lipinski definition) is 3. The van der Waals surface area contributed by atoms with Gasteiger partial charge in [0, 0.05) is 36.9 Å². The summed E-state index contributed by atoms with van der Waals surface area (Å²) in [6.07, 6.45) is 4.23. The summed E-state index contributed by atoms with van der Waals surface area (Å²) in [6, 6.07) is 7.77. The number of amides is 1. The van der Waals surface area contributed by atoms with Gasteiger partial charge < -0.3 is 15.5 Å². The van der Waals surface area contributed by atoms with Gasteiger partial charge in [-0.1, -0.05) is 18.2 Å². The maximum absolute atomic E-state index is 11.7. The van der Waals surface area contributed by atoms with Gasteiger partial charge in [0.1, 0.15) is 0 Å². The van der Waals surface area contributed by atoms with Crippen LogP contribution in [0.1, 0.15) is 29.7 Å². The van der Waals surface area contributed by atoms with Crippen molar-refractivity contribution in [2.24, 2.45) is 4.99 Å². The first-order chi connectivity index (χ1) is 13.5. The molecule has 0 fully saturated rings. The average Bonchev–Trinajstić information content (AvgIpc) is 3.18. The van der Waals surface area contributed by atoms with Crippen LogP contribution in [0.5, 0.6) is 5.88 Å². The number of benzene rings is 1. The lowest BCUT2D eigenvalue weighted by Gasteiger charge is -2.06. The van der Waals surface area contributed by atoms with Crippen LogP contribution in [0, 0.1) is 3.95 Å². The average molecular weight is 418 g/mol. The van der Waals surface area contributed by atoms with Gasteiger partial charge in [0.15, 0.2) is 3.95 Å². The highest BCUT2D eigenvalue weighted by molar-refractivity contribution is 7.73. The molecule has 3 N–H and O–H groups in total. The van der Waals surface area contributed by atoms with Gasteiger partial charge in [-0.2, -0.15) is 0 Å². The van der Waals surface area contributed by atoms with E-state index in [0.717, 1.165) is 16.8 Å². The van der Waals surface area contributed by atoms with Crippen LogP contribution >= 0.6 is 23.6 Å². The molecule has 3 rings (SSSR count). The molecule has 0 saturated carbocycles. The zero-order valence-electron chi connectivity index (χ0n) is 14.9. The summed E-state index contributed by atoms with van der Waals surface area (Å²) < 4.78 is 2.13. The number of allylic oxidation sites excluding steroid dienone is 1. The molecule has 0 aliphatic carbocycles. The molecule has 0 saturated heterocycles. The number of aliphatic imine (C=N–C) groups is 1. The van der Waals surface area contributed by atoms with Gasteiger partial charge in [-0.05, 0) is 30.8 Å². The number of fused-ring (bicyclic) bond motifs is 1. The van der Waals surface area contributed by atoms with Crippen LogP contribution < -0.4 is 5.32 Å². The van der Waals surface area contributed by atoms with E-state index < -0.39 is 5.97 Å². The molecule has 0 atom stereocenters. The molecular weight excluding hydrogens is 398 g/mol. The molecule has 0 bridgehead atoms. The second kappa shape index (κ2) is 8.94. The summed E-state index contributed by atoms with van der Waals surface area (Å²) in [5.74, 6) is -1.10. The van der Waals surface area contributed by atoms with E-state index >= 15 is 0 Å². The van der Waals surface area contributed by atoms with Gasteiger partial charge >= 0.3 is 5.97 Å². The summed E-state index contributed by atoms with van der Waals surface area (Å²) in [7, 11) is 0. The lowest BCUT2D eigenvalue weighted by Crippen LogP contribution is -2.25. The van der Waals surface area contributed by atoms with Gasteiger partial charge in [0.05, 0.1) is 17.0 Å². The van der Waals surface area contributed by atoms with Crippen molar-refractivity contribution in [1.82, 2.24) is 9.88 Å². The van der Waals surface area contributed by atoms with E-state index in [1.165, 1.54) is 11.3 Å². The van der Waals surface area contributed by atoms with Crippen LogP contribution in [0.15, 0.2) is 29.3 Å². The Morgan fingerprint density at radius 2 is 2.07 bits per heavy atom. The van der Waals surface area contributed by atoms with Crippen LogP contribution in [0.2, 0.25) is 0 Å². The molecule has 0 radical (unpaired) electrons. The number of aromatic hydroxyl groups is 1. The molecule has 1 aromatic carbocycles. The molecule has 7 nitrogen and oxygen atoms in total. The molecule has 1 aliphatic heterocycles. The number of carboxylic acids is 1. The molecule has 28 heavy (non-hydrogen) atoms. The highest BCUT2D eigenvalue weighted by Crippen LogP contribution is 2.35. The summed E-state index contributed by atoms with van der Waals surface area (Å²) in [6.45, 7) is 0.513. The summed E-state index contributed by atoms with van der Waals surface area (Å²) in [5, 5.41) is 21.7. The van der Waals surface area contributed by atoms with Crippen LogP contribution in [0.25, 0.3) is 11.6 Å². The highest BCUT2D eigenvalue weighted by Gasteiger charge is 2.15. The third kappa shape index (κ3) is 4.73. The van der Waals surface area contributed by atoms with Gasteiger partial charge in [-0.15, -0.1) is 11.3 Å². The summed E-state index contributed by atoms with van der Waals surface area (Å²) in [5.41, 5.74) is 2.81. The Hall–Kier alpha value is -2.78. The minimum Gasteiger partial charge on any atom is -0.493 e. The number of aromatic nitrogens is 1. The SMILES string of the molecule is O=C(O)CCNC(=O)CCCn1c(O)c(/C=C2/C=Nc3ccccc32)sc1=S. The molecule has 9 heteroatoms. The number of carbonyl (C=O) groups is 2. The number of nitrogens with one attached hydrogen (secondary N) is 1. The first-order valence-corrected chi connectivity index (χ1v) is 9.94. The lowest BCUT2D eigenvalue weighted by molar-refractivity contribution is -0.136. The molecule has 2 aromatic rings. The quantitative estimate of drug-likeness (QED) is 0.569. The number of nitrogens with zero attached hydrogens (tertiary/aromatic N) is 2. The Morgan fingerprint density at radius 3 is 2.86 bits per heavy atom. The van der Waals surface area contributed by atoms with E-state index in [9.17, 15) is 14.7 Å². The van der Waals surface area contributed by atoms with Crippen molar-refractivity contribution in [3.63, 3.8) is 0 Å². The minimum absolute atomic E-state index is 0.0755. The Kier molecular flexibility index (Phi) is 6.37. The fourth-order valence-corrected chi connectivity index (χ4v) is 4.11. The Labute approximate surface area is 170 Å². The van der Waals surface area contributed by atoms with Crippen molar-refractivity contribution in [3.8, 4) is 5.88 Å². The smallest absolute Gasteiger partial charge is 0.305 e. The maximum Gasteiger partial charge on any atom is 0.305 e. The van der Waals surface area contributed by atoms with Crippen molar-refractivity contribution in [2.45, 2.75) is 25.8 Å². The number of carboxylic acid groups (broad SMARTS) is 1. The molecule has 1 aliphatic rings. The molecule has 0 spiro atoms. The van der Waals surface area contributed by atoms with Crippen molar-refractivity contribution < 1.29 is 19.8 Å². The van der Waals surface area contributed by atoms with E-state index in [2.05, 4.69) is 10.3 Å². The lowest BCUT2D eigenvalue weighted by atomic mass is 10.1. The molecule has 0 unspecified atom stereocenters.